The maximum absolute atomic E-state index is 11.7. The minimum absolute atomic E-state index is 0.0436. The zero-order valence-corrected chi connectivity index (χ0v) is 7.95. The fourth-order valence-electron chi connectivity index (χ4n) is 1.94. The zero-order chi connectivity index (χ0) is 9.26. The van der Waals surface area contributed by atoms with Crippen LogP contribution in [0.1, 0.15) is 19.8 Å². The quantitative estimate of drug-likeness (QED) is 0.621. The van der Waals surface area contributed by atoms with Crippen LogP contribution in [0.25, 0.3) is 0 Å². The number of carbonyl (C=O) groups excluding carboxylic acids is 1. The van der Waals surface area contributed by atoms with Gasteiger partial charge in [-0.05, 0) is 19.8 Å². The summed E-state index contributed by atoms with van der Waals surface area (Å²) < 4.78 is 5.49. The van der Waals surface area contributed by atoms with E-state index in [-0.39, 0.29) is 18.2 Å². The number of hydrogen-bond acceptors (Lipinski definition) is 3. The third-order valence-corrected chi connectivity index (χ3v) is 2.71. The van der Waals surface area contributed by atoms with E-state index in [0.29, 0.717) is 0 Å². The Bertz CT molecular complexity index is 202. The Morgan fingerprint density at radius 2 is 2.46 bits per heavy atom. The maximum Gasteiger partial charge on any atom is 0.241 e. The van der Waals surface area contributed by atoms with Crippen LogP contribution in [-0.4, -0.2) is 42.8 Å². The van der Waals surface area contributed by atoms with Gasteiger partial charge in [-0.3, -0.25) is 4.79 Å². The summed E-state index contributed by atoms with van der Waals surface area (Å²) >= 11 is 0. The number of amides is 1. The predicted molar refractivity (Wildman–Crippen MR) is 48.2 cm³/mol. The first-order valence-corrected chi connectivity index (χ1v) is 4.94. The van der Waals surface area contributed by atoms with Crippen molar-refractivity contribution < 1.29 is 9.53 Å². The van der Waals surface area contributed by atoms with Gasteiger partial charge in [-0.1, -0.05) is 0 Å². The van der Waals surface area contributed by atoms with Gasteiger partial charge >= 0.3 is 0 Å². The fourth-order valence-corrected chi connectivity index (χ4v) is 1.94. The van der Waals surface area contributed by atoms with E-state index in [0.717, 1.165) is 32.5 Å². The molecule has 2 aliphatic rings. The summed E-state index contributed by atoms with van der Waals surface area (Å²) in [7, 11) is 0. The standard InChI is InChI=1S/C9H16N2O2/c1-7-9(12)11(5-4-10-7)8-3-2-6-13-8/h7-8,10H,2-6H2,1H3. The molecule has 0 saturated carbocycles. The summed E-state index contributed by atoms with van der Waals surface area (Å²) in [6.45, 7) is 4.38. The van der Waals surface area contributed by atoms with Crippen LogP contribution in [0.3, 0.4) is 0 Å². The molecule has 74 valence electrons. The summed E-state index contributed by atoms with van der Waals surface area (Å²) in [4.78, 5) is 13.6. The van der Waals surface area contributed by atoms with Crippen LogP contribution in [-0.2, 0) is 9.53 Å². The second-order valence-corrected chi connectivity index (χ2v) is 3.68. The summed E-state index contributed by atoms with van der Waals surface area (Å²) in [6.07, 6.45) is 2.13. The third-order valence-electron chi connectivity index (χ3n) is 2.71. The molecule has 13 heavy (non-hydrogen) atoms. The van der Waals surface area contributed by atoms with Crippen molar-refractivity contribution in [2.75, 3.05) is 19.7 Å². The molecular weight excluding hydrogens is 168 g/mol. The highest BCUT2D eigenvalue weighted by atomic mass is 16.5. The van der Waals surface area contributed by atoms with Gasteiger partial charge in [0.15, 0.2) is 0 Å². The van der Waals surface area contributed by atoms with Crippen molar-refractivity contribution in [3.8, 4) is 0 Å². The van der Waals surface area contributed by atoms with Crippen molar-refractivity contribution in [2.45, 2.75) is 32.0 Å². The van der Waals surface area contributed by atoms with E-state index in [9.17, 15) is 4.79 Å². The molecule has 1 amide bonds. The van der Waals surface area contributed by atoms with Crippen LogP contribution in [0.2, 0.25) is 0 Å². The molecule has 0 aliphatic carbocycles. The first kappa shape index (κ1) is 8.97. The number of hydrogen-bond donors (Lipinski definition) is 1. The van der Waals surface area contributed by atoms with Gasteiger partial charge in [-0.25, -0.2) is 0 Å². The number of nitrogens with zero attached hydrogens (tertiary/aromatic N) is 1. The fraction of sp³-hybridized carbons (Fsp3) is 0.889. The molecule has 0 aromatic rings. The lowest BCUT2D eigenvalue weighted by Crippen LogP contribution is -2.56. The van der Waals surface area contributed by atoms with Crippen molar-refractivity contribution in [3.63, 3.8) is 0 Å². The van der Waals surface area contributed by atoms with Gasteiger partial charge < -0.3 is 15.0 Å². The van der Waals surface area contributed by atoms with Gasteiger partial charge in [0.05, 0.1) is 6.04 Å². The minimum Gasteiger partial charge on any atom is -0.358 e. The number of rotatable bonds is 1. The van der Waals surface area contributed by atoms with Crippen LogP contribution >= 0.6 is 0 Å². The molecule has 2 rings (SSSR count). The number of ether oxygens (including phenoxy) is 1. The second kappa shape index (κ2) is 3.64. The van der Waals surface area contributed by atoms with Crippen molar-refractivity contribution in [3.05, 3.63) is 0 Å². The lowest BCUT2D eigenvalue weighted by atomic mass is 10.2. The van der Waals surface area contributed by atoms with E-state index in [4.69, 9.17) is 4.74 Å². The van der Waals surface area contributed by atoms with Gasteiger partial charge in [0.1, 0.15) is 6.23 Å². The number of carbonyl (C=O) groups is 1. The van der Waals surface area contributed by atoms with E-state index >= 15 is 0 Å². The van der Waals surface area contributed by atoms with Crippen molar-refractivity contribution in [1.29, 1.82) is 0 Å². The molecule has 2 saturated heterocycles. The normalized spacial score (nSPS) is 35.5. The van der Waals surface area contributed by atoms with Crippen LogP contribution in [0.4, 0.5) is 0 Å². The lowest BCUT2D eigenvalue weighted by molar-refractivity contribution is -0.147. The van der Waals surface area contributed by atoms with E-state index in [1.807, 2.05) is 11.8 Å². The highest BCUT2D eigenvalue weighted by Crippen LogP contribution is 2.18. The topological polar surface area (TPSA) is 41.6 Å². The third kappa shape index (κ3) is 1.69. The SMILES string of the molecule is CC1NCCN(C2CCCO2)C1=O. The number of piperazine rings is 1. The maximum atomic E-state index is 11.7. The Morgan fingerprint density at radius 3 is 3.15 bits per heavy atom. The molecule has 2 fully saturated rings. The Balaban J connectivity index is 2.00. The highest BCUT2D eigenvalue weighted by Gasteiger charge is 2.32. The largest absolute Gasteiger partial charge is 0.358 e. The average Bonchev–Trinajstić information content (AvgIpc) is 2.62. The zero-order valence-electron chi connectivity index (χ0n) is 7.95. The molecule has 0 spiro atoms. The van der Waals surface area contributed by atoms with Gasteiger partial charge in [0, 0.05) is 19.7 Å². The van der Waals surface area contributed by atoms with Crippen LogP contribution in [0.5, 0.6) is 0 Å². The summed E-state index contributed by atoms with van der Waals surface area (Å²) in [5.74, 6) is 0.179. The average molecular weight is 184 g/mol. The van der Waals surface area contributed by atoms with Gasteiger partial charge in [-0.15, -0.1) is 0 Å². The Labute approximate surface area is 78.2 Å². The molecule has 0 aromatic carbocycles. The van der Waals surface area contributed by atoms with Crippen LogP contribution in [0, 0.1) is 0 Å². The van der Waals surface area contributed by atoms with Gasteiger partial charge in [0.2, 0.25) is 5.91 Å². The molecule has 2 unspecified atom stereocenters. The lowest BCUT2D eigenvalue weighted by Gasteiger charge is -2.35. The molecule has 2 atom stereocenters. The molecule has 4 heteroatoms. The van der Waals surface area contributed by atoms with E-state index in [1.165, 1.54) is 0 Å². The molecule has 0 aromatic heterocycles. The van der Waals surface area contributed by atoms with Crippen molar-refractivity contribution >= 4 is 5.91 Å². The predicted octanol–water partition coefficient (Wildman–Crippen LogP) is -0.0568. The van der Waals surface area contributed by atoms with Gasteiger partial charge in [0.25, 0.3) is 0 Å². The summed E-state index contributed by atoms with van der Waals surface area (Å²) in [5.41, 5.74) is 0. The molecule has 0 bridgehead atoms. The van der Waals surface area contributed by atoms with E-state index in [2.05, 4.69) is 5.32 Å². The first-order chi connectivity index (χ1) is 6.29. The van der Waals surface area contributed by atoms with Crippen LogP contribution in [0.15, 0.2) is 0 Å². The molecule has 2 aliphatic heterocycles. The summed E-state index contributed by atoms with van der Waals surface area (Å²) in [5, 5.41) is 3.14. The molecule has 4 nitrogen and oxygen atoms in total. The molecular formula is C9H16N2O2. The Morgan fingerprint density at radius 1 is 1.62 bits per heavy atom. The monoisotopic (exact) mass is 184 g/mol. The minimum atomic E-state index is -0.0436. The highest BCUT2D eigenvalue weighted by molar-refractivity contribution is 5.82. The van der Waals surface area contributed by atoms with E-state index in [1.54, 1.807) is 0 Å². The smallest absolute Gasteiger partial charge is 0.241 e. The molecule has 2 heterocycles. The number of nitrogens with one attached hydrogen (secondary N) is 1. The Hall–Kier alpha value is -0.610. The first-order valence-electron chi connectivity index (χ1n) is 4.94. The van der Waals surface area contributed by atoms with Crippen LogP contribution < -0.4 is 5.32 Å². The second-order valence-electron chi connectivity index (χ2n) is 3.68. The molecule has 1 N–H and O–H groups in total. The van der Waals surface area contributed by atoms with E-state index < -0.39 is 0 Å². The van der Waals surface area contributed by atoms with Crippen molar-refractivity contribution in [1.82, 2.24) is 10.2 Å². The Kier molecular flexibility index (Phi) is 2.51. The van der Waals surface area contributed by atoms with Gasteiger partial charge in [-0.2, -0.15) is 0 Å². The molecule has 0 radical (unpaired) electrons. The van der Waals surface area contributed by atoms with Crippen molar-refractivity contribution in [2.24, 2.45) is 0 Å². The summed E-state index contributed by atoms with van der Waals surface area (Å²) in [6, 6.07) is -0.0436.